The first-order valence-electron chi connectivity index (χ1n) is 7.77. The Hall–Kier alpha value is -2.31. The lowest BCUT2D eigenvalue weighted by Crippen LogP contribution is -2.00. The molecule has 0 aliphatic rings. The molecule has 0 aliphatic carbocycles. The van der Waals surface area contributed by atoms with Crippen molar-refractivity contribution in [1.29, 1.82) is 0 Å². The molecule has 0 bridgehead atoms. The van der Waals surface area contributed by atoms with Crippen LogP contribution in [0.1, 0.15) is 24.8 Å². The Morgan fingerprint density at radius 3 is 2.84 bits per heavy atom. The summed E-state index contributed by atoms with van der Waals surface area (Å²) in [5.41, 5.74) is 1.86. The molecule has 1 aromatic carbocycles. The zero-order chi connectivity index (χ0) is 17.7. The molecule has 0 fully saturated rings. The lowest BCUT2D eigenvalue weighted by Gasteiger charge is -2.03. The fraction of sp³-hybridized carbons (Fsp3) is 0.222. The van der Waals surface area contributed by atoms with Crippen LogP contribution in [-0.4, -0.2) is 17.1 Å². The third kappa shape index (κ3) is 2.53. The number of aromatic amines is 1. The van der Waals surface area contributed by atoms with Gasteiger partial charge in [0.2, 0.25) is 5.43 Å². The van der Waals surface area contributed by atoms with Gasteiger partial charge in [-0.05, 0) is 12.1 Å². The molecule has 3 heterocycles. The second-order valence-electron chi connectivity index (χ2n) is 6.03. The van der Waals surface area contributed by atoms with Crippen molar-refractivity contribution in [3.63, 3.8) is 0 Å². The van der Waals surface area contributed by atoms with E-state index >= 15 is 0 Å². The summed E-state index contributed by atoms with van der Waals surface area (Å²) in [5, 5.41) is 2.08. The molecule has 0 amide bonds. The topological polar surface area (TPSA) is 68.1 Å². The predicted molar refractivity (Wildman–Crippen MR) is 101 cm³/mol. The molecule has 1 N–H and O–H groups in total. The third-order valence-electron chi connectivity index (χ3n) is 4.02. The van der Waals surface area contributed by atoms with E-state index in [1.807, 2.05) is 0 Å². The Bertz CT molecular complexity index is 1160. The van der Waals surface area contributed by atoms with E-state index in [0.29, 0.717) is 38.9 Å². The van der Waals surface area contributed by atoms with Gasteiger partial charge < -0.3 is 14.1 Å². The van der Waals surface area contributed by atoms with Crippen molar-refractivity contribution in [3.8, 4) is 16.3 Å². The zero-order valence-corrected chi connectivity index (χ0v) is 15.4. The minimum atomic E-state index is -0.200. The van der Waals surface area contributed by atoms with Crippen molar-refractivity contribution >= 4 is 45.0 Å². The van der Waals surface area contributed by atoms with E-state index in [1.54, 1.807) is 36.8 Å². The number of ether oxygens (including phenoxy) is 1. The van der Waals surface area contributed by atoms with Crippen LogP contribution in [0.25, 0.3) is 32.6 Å². The fourth-order valence-electron chi connectivity index (χ4n) is 2.76. The van der Waals surface area contributed by atoms with Crippen LogP contribution in [0.4, 0.5) is 0 Å². The number of hydrogen-bond donors (Lipinski definition) is 1. The molecule has 0 spiro atoms. The normalized spacial score (nSPS) is 11.7. The number of fused-ring (bicyclic) bond motifs is 3. The van der Waals surface area contributed by atoms with E-state index in [4.69, 9.17) is 20.8 Å². The molecule has 4 aromatic rings. The van der Waals surface area contributed by atoms with Crippen molar-refractivity contribution in [2.45, 2.75) is 19.8 Å². The molecule has 0 atom stereocenters. The van der Waals surface area contributed by atoms with Gasteiger partial charge in [-0.3, -0.25) is 4.79 Å². The number of nitrogens with zero attached hydrogens (tertiary/aromatic N) is 1. The second kappa shape index (κ2) is 5.89. The highest BCUT2D eigenvalue weighted by molar-refractivity contribution is 7.15. The number of nitrogens with one attached hydrogen (secondary N) is 1. The smallest absolute Gasteiger partial charge is 0.225 e. The maximum atomic E-state index is 12.5. The largest absolute Gasteiger partial charge is 0.495 e. The van der Waals surface area contributed by atoms with Crippen LogP contribution in [0.5, 0.6) is 5.75 Å². The molecule has 5 nitrogen and oxygen atoms in total. The summed E-state index contributed by atoms with van der Waals surface area (Å²) in [7, 11) is 1.55. The summed E-state index contributed by atoms with van der Waals surface area (Å²) in [5.74, 6) is 0.866. The highest BCUT2D eigenvalue weighted by atomic mass is 35.5. The van der Waals surface area contributed by atoms with Crippen molar-refractivity contribution in [2.75, 3.05) is 7.11 Å². The van der Waals surface area contributed by atoms with Crippen LogP contribution in [0.2, 0.25) is 5.02 Å². The lowest BCUT2D eigenvalue weighted by atomic mass is 10.2. The first-order valence-corrected chi connectivity index (χ1v) is 8.97. The molecule has 4 rings (SSSR count). The zero-order valence-electron chi connectivity index (χ0n) is 13.8. The lowest BCUT2D eigenvalue weighted by molar-refractivity contribution is 0.415. The molecule has 3 aromatic heterocycles. The summed E-state index contributed by atoms with van der Waals surface area (Å²) in [4.78, 5) is 21.2. The number of aromatic nitrogens is 2. The van der Waals surface area contributed by atoms with E-state index in [2.05, 4.69) is 23.8 Å². The Morgan fingerprint density at radius 2 is 2.16 bits per heavy atom. The maximum absolute atomic E-state index is 12.5. The maximum Gasteiger partial charge on any atom is 0.225 e. The first-order chi connectivity index (χ1) is 12.0. The van der Waals surface area contributed by atoms with Gasteiger partial charge in [-0.25, -0.2) is 4.98 Å². The number of pyridine rings is 1. The van der Waals surface area contributed by atoms with Crippen LogP contribution in [0, 0.1) is 0 Å². The molecule has 0 saturated carbocycles. The number of rotatable bonds is 3. The standard InChI is InChI=1S/C18H15ClN2O3S/c1-8(2)18-20-7-13(25-18)9-6-10(22)17-16(21-9)14-11(24-17)4-5-12(23-3)15(14)19/h4-8H,1-3H3,(H,21,22). The van der Waals surface area contributed by atoms with Crippen molar-refractivity contribution < 1.29 is 9.15 Å². The number of furan rings is 1. The van der Waals surface area contributed by atoms with Crippen LogP contribution >= 0.6 is 22.9 Å². The first kappa shape index (κ1) is 16.2. The average molecular weight is 375 g/mol. The van der Waals surface area contributed by atoms with Crippen molar-refractivity contribution in [2.24, 2.45) is 0 Å². The Kier molecular flexibility index (Phi) is 3.81. The van der Waals surface area contributed by atoms with Crippen molar-refractivity contribution in [1.82, 2.24) is 9.97 Å². The SMILES string of the molecule is COc1ccc2oc3c(=O)cc(-c4cnc(C(C)C)s4)[nH]c3c2c1Cl. The van der Waals surface area contributed by atoms with E-state index in [0.717, 1.165) is 9.88 Å². The van der Waals surface area contributed by atoms with Gasteiger partial charge >= 0.3 is 0 Å². The van der Waals surface area contributed by atoms with E-state index in [-0.39, 0.29) is 11.0 Å². The molecule has 7 heteroatoms. The molecular formula is C18H15ClN2O3S. The highest BCUT2D eigenvalue weighted by Crippen LogP contribution is 2.38. The highest BCUT2D eigenvalue weighted by Gasteiger charge is 2.18. The number of hydrogen-bond acceptors (Lipinski definition) is 5. The van der Waals surface area contributed by atoms with Gasteiger partial charge in [0, 0.05) is 18.2 Å². The summed E-state index contributed by atoms with van der Waals surface area (Å²) >= 11 is 8.00. The van der Waals surface area contributed by atoms with Crippen molar-refractivity contribution in [3.05, 3.63) is 44.6 Å². The Balaban J connectivity index is 2.02. The number of H-pyrrole nitrogens is 1. The second-order valence-corrected chi connectivity index (χ2v) is 7.47. The van der Waals surface area contributed by atoms with E-state index in [9.17, 15) is 4.79 Å². The van der Waals surface area contributed by atoms with Gasteiger partial charge in [0.05, 0.1) is 38.6 Å². The van der Waals surface area contributed by atoms with Gasteiger partial charge in [-0.2, -0.15) is 0 Å². The molecule has 0 unspecified atom stereocenters. The van der Waals surface area contributed by atoms with Crippen LogP contribution < -0.4 is 10.2 Å². The molecule has 25 heavy (non-hydrogen) atoms. The van der Waals surface area contributed by atoms with Crippen LogP contribution in [0.15, 0.2) is 33.6 Å². The van der Waals surface area contributed by atoms with Gasteiger partial charge in [-0.15, -0.1) is 11.3 Å². The Labute approximate surface area is 152 Å². The molecule has 128 valence electrons. The van der Waals surface area contributed by atoms with Crippen LogP contribution in [-0.2, 0) is 0 Å². The molecule has 0 aliphatic heterocycles. The van der Waals surface area contributed by atoms with Crippen LogP contribution in [0.3, 0.4) is 0 Å². The summed E-state index contributed by atoms with van der Waals surface area (Å²) in [6.45, 7) is 4.17. The number of thiazole rings is 1. The van der Waals surface area contributed by atoms with Gasteiger partial charge in [0.15, 0.2) is 5.58 Å². The molecular weight excluding hydrogens is 360 g/mol. The third-order valence-corrected chi connectivity index (χ3v) is 5.73. The predicted octanol–water partition coefficient (Wildman–Crippen LogP) is 5.18. The quantitative estimate of drug-likeness (QED) is 0.536. The van der Waals surface area contributed by atoms with Gasteiger partial charge in [0.25, 0.3) is 0 Å². The van der Waals surface area contributed by atoms with E-state index in [1.165, 1.54) is 6.07 Å². The number of halogens is 1. The average Bonchev–Trinajstić information content (AvgIpc) is 3.20. The summed E-state index contributed by atoms with van der Waals surface area (Å²) in [6.07, 6.45) is 1.78. The monoisotopic (exact) mass is 374 g/mol. The summed E-state index contributed by atoms with van der Waals surface area (Å²) in [6, 6.07) is 5.00. The summed E-state index contributed by atoms with van der Waals surface area (Å²) < 4.78 is 11.0. The van der Waals surface area contributed by atoms with E-state index < -0.39 is 0 Å². The molecule has 0 saturated heterocycles. The Morgan fingerprint density at radius 1 is 1.36 bits per heavy atom. The molecule has 0 radical (unpaired) electrons. The minimum Gasteiger partial charge on any atom is -0.495 e. The fourth-order valence-corrected chi connectivity index (χ4v) is 3.98. The van der Waals surface area contributed by atoms with Gasteiger partial charge in [0.1, 0.15) is 11.3 Å². The number of methoxy groups -OCH3 is 1. The van der Waals surface area contributed by atoms with Gasteiger partial charge in [-0.1, -0.05) is 25.4 Å². The number of benzene rings is 1. The minimum absolute atomic E-state index is 0.200.